The molecule has 0 amide bonds. The van der Waals surface area contributed by atoms with Gasteiger partial charge in [-0.15, -0.1) is 0 Å². The summed E-state index contributed by atoms with van der Waals surface area (Å²) in [5.74, 6) is 1.89. The average Bonchev–Trinajstić information content (AvgIpc) is 3.45. The lowest BCUT2D eigenvalue weighted by Crippen LogP contribution is -2.39. The second-order valence-electron chi connectivity index (χ2n) is 13.3. The van der Waals surface area contributed by atoms with E-state index in [1.807, 2.05) is 19.9 Å². The number of furan rings is 1. The van der Waals surface area contributed by atoms with Crippen molar-refractivity contribution < 1.29 is 31.5 Å². The van der Waals surface area contributed by atoms with Gasteiger partial charge in [-0.3, -0.25) is 10.1 Å². The fourth-order valence-corrected chi connectivity index (χ4v) is 5.88. The molecular weight excluding hydrogens is 640 g/mol. The third-order valence-electron chi connectivity index (χ3n) is 8.05. The van der Waals surface area contributed by atoms with Gasteiger partial charge in [-0.25, -0.2) is 8.42 Å². The van der Waals surface area contributed by atoms with Crippen LogP contribution < -0.4 is 4.74 Å². The lowest BCUT2D eigenvalue weighted by atomic mass is 10.0. The van der Waals surface area contributed by atoms with Crippen molar-refractivity contribution in [3.8, 4) is 5.75 Å². The minimum absolute atomic E-state index is 0.174. The number of quaternary nitrogens is 1. The topological polar surface area (TPSA) is 123 Å². The summed E-state index contributed by atoms with van der Waals surface area (Å²) in [7, 11) is 0.0343. The highest BCUT2D eigenvalue weighted by molar-refractivity contribution is 7.85. The van der Waals surface area contributed by atoms with Gasteiger partial charge in [0.25, 0.3) is 0 Å². The first-order valence-corrected chi connectivity index (χ1v) is 18.4. The molecule has 1 aromatic heterocycles. The molecular formula is C36H53ClN2O7S. The van der Waals surface area contributed by atoms with Crippen molar-refractivity contribution in [2.24, 2.45) is 0 Å². The number of unbranched alkanes of at least 4 members (excludes halogenated alkanes) is 9. The highest BCUT2D eigenvalue weighted by Crippen LogP contribution is 2.32. The van der Waals surface area contributed by atoms with Crippen LogP contribution in [0.1, 0.15) is 106 Å². The van der Waals surface area contributed by atoms with Crippen LogP contribution in [0.25, 0.3) is 0 Å². The number of benzene rings is 2. The first kappa shape index (κ1) is 40.3. The monoisotopic (exact) mass is 692 g/mol. The maximum Gasteiger partial charge on any atom is 0.433 e. The SMILES string of the molecule is Cc1cc(OCCCCCCCCCCCC[N+](C)(C)Cc2ccc([N+](=O)[O-])o2)c(C(C)C)cc1Cl.Cc1ccc(S(=O)(=O)[O-])cc1. The molecule has 11 heteroatoms. The standard InChI is InChI=1S/C29H46ClN2O4.C7H8O3S/c1-23(2)26-21-27(30)24(3)20-28(26)35-19-15-13-11-9-7-6-8-10-12-14-18-32(4,5)22-25-16-17-29(36-25)31(33)34;1-6-2-4-7(5-3-6)11(8,9)10/h16-17,20-21,23H,6-15,18-19,22H2,1-5H3;2-5H,1H3,(H,8,9,10)/q+1;/p-1. The first-order chi connectivity index (χ1) is 22.1. The molecule has 0 aliphatic carbocycles. The summed E-state index contributed by atoms with van der Waals surface area (Å²) in [6.07, 6.45) is 12.5. The Bertz CT molecular complexity index is 1490. The van der Waals surface area contributed by atoms with E-state index in [2.05, 4.69) is 34.0 Å². The Morgan fingerprint density at radius 1 is 0.872 bits per heavy atom. The number of rotatable bonds is 19. The minimum atomic E-state index is -4.27. The van der Waals surface area contributed by atoms with Crippen LogP contribution in [-0.2, 0) is 16.7 Å². The molecule has 47 heavy (non-hydrogen) atoms. The number of hydrogen-bond acceptors (Lipinski definition) is 7. The van der Waals surface area contributed by atoms with E-state index in [9.17, 15) is 23.1 Å². The molecule has 0 aliphatic rings. The number of halogens is 1. The van der Waals surface area contributed by atoms with Crippen LogP contribution in [-0.4, -0.2) is 49.6 Å². The number of nitro groups is 1. The number of aryl methyl sites for hydroxylation is 2. The lowest BCUT2D eigenvalue weighted by molar-refractivity contribution is -0.904. The summed E-state index contributed by atoms with van der Waals surface area (Å²) in [4.78, 5) is 10.1. The highest BCUT2D eigenvalue weighted by Gasteiger charge is 2.20. The lowest BCUT2D eigenvalue weighted by Gasteiger charge is -2.28. The van der Waals surface area contributed by atoms with E-state index in [1.54, 1.807) is 18.2 Å². The molecule has 0 bridgehead atoms. The Morgan fingerprint density at radius 3 is 1.94 bits per heavy atom. The molecule has 9 nitrogen and oxygen atoms in total. The Kier molecular flexibility index (Phi) is 17.0. The van der Waals surface area contributed by atoms with E-state index in [4.69, 9.17) is 20.8 Å². The van der Waals surface area contributed by atoms with Crippen molar-refractivity contribution in [1.29, 1.82) is 0 Å². The number of ether oxygens (including phenoxy) is 1. The van der Waals surface area contributed by atoms with E-state index in [0.717, 1.165) is 46.0 Å². The summed E-state index contributed by atoms with van der Waals surface area (Å²) in [6, 6.07) is 13.1. The van der Waals surface area contributed by atoms with Gasteiger partial charge in [-0.05, 0) is 80.5 Å². The summed E-state index contributed by atoms with van der Waals surface area (Å²) < 4.78 is 43.4. The fraction of sp³-hybridized carbons (Fsp3) is 0.556. The summed E-state index contributed by atoms with van der Waals surface area (Å²) in [5.41, 5.74) is 3.19. The van der Waals surface area contributed by atoms with Crippen LogP contribution in [0.4, 0.5) is 5.88 Å². The fourth-order valence-electron chi connectivity index (χ4n) is 5.24. The largest absolute Gasteiger partial charge is 0.744 e. The zero-order chi connectivity index (χ0) is 35.0. The second-order valence-corrected chi connectivity index (χ2v) is 15.0. The molecule has 0 atom stereocenters. The Morgan fingerprint density at radius 2 is 1.43 bits per heavy atom. The maximum atomic E-state index is 10.8. The molecule has 0 radical (unpaired) electrons. The van der Waals surface area contributed by atoms with E-state index in [-0.39, 0.29) is 10.8 Å². The zero-order valence-corrected chi connectivity index (χ0v) is 30.5. The quantitative estimate of drug-likeness (QED) is 0.0403. The minimum Gasteiger partial charge on any atom is -0.744 e. The second kappa shape index (κ2) is 19.8. The van der Waals surface area contributed by atoms with E-state index >= 15 is 0 Å². The van der Waals surface area contributed by atoms with Crippen LogP contribution in [0.5, 0.6) is 5.75 Å². The molecule has 3 rings (SSSR count). The summed E-state index contributed by atoms with van der Waals surface area (Å²) in [5, 5.41) is 11.6. The van der Waals surface area contributed by atoms with Crippen LogP contribution in [0.2, 0.25) is 5.02 Å². The van der Waals surface area contributed by atoms with Gasteiger partial charge < -0.3 is 18.2 Å². The molecule has 2 aromatic carbocycles. The van der Waals surface area contributed by atoms with Crippen molar-refractivity contribution in [3.63, 3.8) is 0 Å². The molecule has 0 N–H and O–H groups in total. The molecule has 262 valence electrons. The molecule has 0 saturated carbocycles. The van der Waals surface area contributed by atoms with E-state index < -0.39 is 15.0 Å². The first-order valence-electron chi connectivity index (χ1n) is 16.6. The van der Waals surface area contributed by atoms with Crippen LogP contribution >= 0.6 is 11.6 Å². The van der Waals surface area contributed by atoms with Gasteiger partial charge in [0.1, 0.15) is 27.3 Å². The number of nitrogens with zero attached hydrogens (tertiary/aromatic N) is 2. The highest BCUT2D eigenvalue weighted by atomic mass is 35.5. The zero-order valence-electron chi connectivity index (χ0n) is 28.9. The predicted octanol–water partition coefficient (Wildman–Crippen LogP) is 9.73. The third kappa shape index (κ3) is 15.7. The van der Waals surface area contributed by atoms with Crippen molar-refractivity contribution in [2.45, 2.75) is 109 Å². The Labute approximate surface area is 286 Å². The molecule has 1 heterocycles. The average molecular weight is 693 g/mol. The third-order valence-corrected chi connectivity index (χ3v) is 9.31. The van der Waals surface area contributed by atoms with Crippen molar-refractivity contribution in [2.75, 3.05) is 27.2 Å². The molecule has 0 spiro atoms. The smallest absolute Gasteiger partial charge is 0.433 e. The molecule has 0 aliphatic heterocycles. The summed E-state index contributed by atoms with van der Waals surface area (Å²) in [6.45, 7) is 10.7. The van der Waals surface area contributed by atoms with E-state index in [0.29, 0.717) is 18.2 Å². The van der Waals surface area contributed by atoms with Crippen LogP contribution in [0, 0.1) is 24.0 Å². The maximum absolute atomic E-state index is 10.8. The Balaban J connectivity index is 0.000000587. The van der Waals surface area contributed by atoms with Gasteiger partial charge in [-0.1, -0.05) is 88.1 Å². The normalized spacial score (nSPS) is 11.8. The van der Waals surface area contributed by atoms with Gasteiger partial charge in [0, 0.05) is 5.02 Å². The van der Waals surface area contributed by atoms with Gasteiger partial charge in [0.2, 0.25) is 0 Å². The van der Waals surface area contributed by atoms with Crippen LogP contribution in [0.3, 0.4) is 0 Å². The van der Waals surface area contributed by atoms with E-state index in [1.165, 1.54) is 81.5 Å². The molecule has 3 aromatic rings. The predicted molar refractivity (Wildman–Crippen MR) is 187 cm³/mol. The molecule has 0 fully saturated rings. The van der Waals surface area contributed by atoms with Gasteiger partial charge in [-0.2, -0.15) is 0 Å². The molecule has 0 saturated heterocycles. The Hall–Kier alpha value is -2.92. The van der Waals surface area contributed by atoms with Crippen LogP contribution in [0.15, 0.2) is 57.8 Å². The van der Waals surface area contributed by atoms with Crippen molar-refractivity contribution in [1.82, 2.24) is 0 Å². The van der Waals surface area contributed by atoms with Crippen molar-refractivity contribution in [3.05, 3.63) is 86.1 Å². The van der Waals surface area contributed by atoms with Crippen molar-refractivity contribution >= 4 is 27.6 Å². The van der Waals surface area contributed by atoms with Gasteiger partial charge in [0.05, 0.1) is 38.2 Å². The number of hydrogen-bond donors (Lipinski definition) is 0. The van der Waals surface area contributed by atoms with Gasteiger partial charge >= 0.3 is 5.88 Å². The molecule has 0 unspecified atom stereocenters. The van der Waals surface area contributed by atoms with Gasteiger partial charge in [0.15, 0.2) is 5.76 Å². The summed E-state index contributed by atoms with van der Waals surface area (Å²) >= 11 is 6.29.